The molecule has 2 aromatic carbocycles. The minimum absolute atomic E-state index is 0.106. The fourth-order valence-corrected chi connectivity index (χ4v) is 6.87. The number of hydrogen-bond donors (Lipinski definition) is 3. The smallest absolute Gasteiger partial charge is 0.303 e. The predicted octanol–water partition coefficient (Wildman–Crippen LogP) is 6.20. The van der Waals surface area contributed by atoms with Gasteiger partial charge in [0.15, 0.2) is 0 Å². The highest BCUT2D eigenvalue weighted by Gasteiger charge is 2.28. The number of benzene rings is 2. The number of thiophene rings is 1. The molecule has 2 unspecified atom stereocenters. The molecular formula is C29H29N3O4S2. The third kappa shape index (κ3) is 6.82. The number of rotatable bonds is 10. The molecule has 0 radical (unpaired) electrons. The Morgan fingerprint density at radius 1 is 1.13 bits per heavy atom. The first-order valence-corrected chi connectivity index (χ1v) is 14.3. The monoisotopic (exact) mass is 547 g/mol. The molecule has 7 nitrogen and oxygen atoms in total. The molecular weight excluding hydrogens is 518 g/mol. The van der Waals surface area contributed by atoms with Gasteiger partial charge in [-0.1, -0.05) is 43.3 Å². The summed E-state index contributed by atoms with van der Waals surface area (Å²) in [6.45, 7) is 1.93. The van der Waals surface area contributed by atoms with Crippen LogP contribution >= 0.6 is 23.1 Å². The fourth-order valence-electron chi connectivity index (χ4n) is 4.57. The molecule has 38 heavy (non-hydrogen) atoms. The number of anilines is 2. The lowest BCUT2D eigenvalue weighted by atomic mass is 9.83. The van der Waals surface area contributed by atoms with Crippen molar-refractivity contribution < 1.29 is 19.5 Å². The molecule has 9 heteroatoms. The van der Waals surface area contributed by atoms with Gasteiger partial charge in [0.25, 0.3) is 0 Å². The van der Waals surface area contributed by atoms with Crippen LogP contribution in [0.1, 0.15) is 60.1 Å². The first-order valence-electron chi connectivity index (χ1n) is 12.6. The van der Waals surface area contributed by atoms with Crippen molar-refractivity contribution in [2.45, 2.75) is 61.5 Å². The number of hydrogen-bond acceptors (Lipinski definition) is 6. The highest BCUT2D eigenvalue weighted by atomic mass is 32.2. The van der Waals surface area contributed by atoms with Crippen molar-refractivity contribution in [1.82, 2.24) is 0 Å². The van der Waals surface area contributed by atoms with E-state index < -0.39 is 11.2 Å². The molecule has 1 aliphatic rings. The molecule has 196 valence electrons. The third-order valence-corrected chi connectivity index (χ3v) is 9.04. The van der Waals surface area contributed by atoms with Crippen LogP contribution in [-0.2, 0) is 27.2 Å². The minimum atomic E-state index is -1.02. The maximum Gasteiger partial charge on any atom is 0.303 e. The Balaban J connectivity index is 1.43. The highest BCUT2D eigenvalue weighted by Crippen LogP contribution is 2.42. The van der Waals surface area contributed by atoms with Crippen LogP contribution in [0.3, 0.4) is 0 Å². The van der Waals surface area contributed by atoms with Gasteiger partial charge in [0.2, 0.25) is 11.8 Å². The van der Waals surface area contributed by atoms with E-state index in [0.29, 0.717) is 28.6 Å². The second-order valence-corrected chi connectivity index (χ2v) is 11.5. The lowest BCUT2D eigenvalue weighted by molar-refractivity contribution is -0.138. The summed E-state index contributed by atoms with van der Waals surface area (Å²) in [4.78, 5) is 37.9. The largest absolute Gasteiger partial charge is 0.481 e. The normalized spacial score (nSPS) is 15.1. The molecule has 0 fully saturated rings. The van der Waals surface area contributed by atoms with E-state index in [2.05, 4.69) is 41.0 Å². The molecule has 1 aromatic heterocycles. The maximum absolute atomic E-state index is 13.3. The van der Waals surface area contributed by atoms with Crippen LogP contribution in [-0.4, -0.2) is 28.1 Å². The summed E-state index contributed by atoms with van der Waals surface area (Å²) in [5.41, 5.74) is 3.49. The Morgan fingerprint density at radius 2 is 1.92 bits per heavy atom. The third-order valence-electron chi connectivity index (χ3n) is 6.51. The predicted molar refractivity (Wildman–Crippen MR) is 151 cm³/mol. The molecule has 2 atom stereocenters. The van der Waals surface area contributed by atoms with Crippen molar-refractivity contribution in [3.8, 4) is 6.07 Å². The van der Waals surface area contributed by atoms with E-state index in [1.807, 2.05) is 19.1 Å². The number of thioether (sulfide) groups is 1. The van der Waals surface area contributed by atoms with Crippen LogP contribution < -0.4 is 10.6 Å². The van der Waals surface area contributed by atoms with Gasteiger partial charge in [0.1, 0.15) is 11.1 Å². The first-order chi connectivity index (χ1) is 18.4. The summed E-state index contributed by atoms with van der Waals surface area (Å²) in [6, 6.07) is 19.9. The van der Waals surface area contributed by atoms with Crippen LogP contribution in [0.2, 0.25) is 0 Å². The minimum Gasteiger partial charge on any atom is -0.481 e. The van der Waals surface area contributed by atoms with Gasteiger partial charge in [0.05, 0.1) is 17.2 Å². The molecule has 1 aliphatic carbocycles. The quantitative estimate of drug-likeness (QED) is 0.260. The number of nitriles is 1. The van der Waals surface area contributed by atoms with Gasteiger partial charge in [-0.15, -0.1) is 23.1 Å². The molecule has 2 amide bonds. The van der Waals surface area contributed by atoms with Crippen LogP contribution in [0.25, 0.3) is 0 Å². The molecule has 0 saturated heterocycles. The molecule has 0 spiro atoms. The summed E-state index contributed by atoms with van der Waals surface area (Å²) in [5.74, 6) is -1.15. The number of aliphatic carboxylic acids is 1. The van der Waals surface area contributed by atoms with Gasteiger partial charge in [-0.05, 0) is 60.9 Å². The molecule has 4 rings (SSSR count). The van der Waals surface area contributed by atoms with Crippen molar-refractivity contribution in [2.75, 3.05) is 10.6 Å². The van der Waals surface area contributed by atoms with E-state index >= 15 is 0 Å². The number of amides is 2. The molecule has 3 N–H and O–H groups in total. The number of fused-ring (bicyclic) bond motifs is 1. The number of nitrogens with zero attached hydrogens (tertiary/aromatic N) is 1. The van der Waals surface area contributed by atoms with Gasteiger partial charge in [-0.3, -0.25) is 14.4 Å². The van der Waals surface area contributed by atoms with Crippen LogP contribution in [0.15, 0.2) is 59.5 Å². The average Bonchev–Trinajstić information content (AvgIpc) is 3.27. The Morgan fingerprint density at radius 3 is 2.63 bits per heavy atom. The number of carbonyl (C=O) groups excluding carboxylic acids is 2. The van der Waals surface area contributed by atoms with Crippen molar-refractivity contribution in [3.63, 3.8) is 0 Å². The highest BCUT2D eigenvalue weighted by molar-refractivity contribution is 8.00. The van der Waals surface area contributed by atoms with Crippen LogP contribution in [0, 0.1) is 11.3 Å². The van der Waals surface area contributed by atoms with Gasteiger partial charge in [0, 0.05) is 21.9 Å². The van der Waals surface area contributed by atoms with Crippen molar-refractivity contribution >= 4 is 51.6 Å². The fraction of sp³-hybridized carbons (Fsp3) is 0.310. The van der Waals surface area contributed by atoms with Gasteiger partial charge < -0.3 is 15.7 Å². The number of carboxylic acids is 1. The molecule has 3 aromatic rings. The lowest BCUT2D eigenvalue weighted by Gasteiger charge is -2.22. The van der Waals surface area contributed by atoms with E-state index in [0.717, 1.165) is 29.7 Å². The van der Waals surface area contributed by atoms with Gasteiger partial charge in [-0.2, -0.15) is 5.26 Å². The summed E-state index contributed by atoms with van der Waals surface area (Å²) in [5, 5.41) is 24.6. The van der Waals surface area contributed by atoms with Crippen molar-refractivity contribution in [2.24, 2.45) is 0 Å². The maximum atomic E-state index is 13.3. The molecule has 0 bridgehead atoms. The summed E-state index contributed by atoms with van der Waals surface area (Å²) in [6.07, 6.45) is 2.90. The zero-order valence-corrected chi connectivity index (χ0v) is 22.7. The lowest BCUT2D eigenvalue weighted by Crippen LogP contribution is -2.24. The SMILES string of the molecule is CCC(Sc1cccc(NC(=O)CCC(=O)O)c1)C(=O)Nc1sc2c(c1C#N)CCC(c1ccccc1)C2. The van der Waals surface area contributed by atoms with E-state index in [9.17, 15) is 19.6 Å². The second-order valence-electron chi connectivity index (χ2n) is 9.14. The van der Waals surface area contributed by atoms with Gasteiger partial charge in [-0.25, -0.2) is 0 Å². The second kappa shape index (κ2) is 12.8. The number of nitrogens with one attached hydrogen (secondary N) is 2. The van der Waals surface area contributed by atoms with E-state index in [4.69, 9.17) is 5.11 Å². The Hall–Kier alpha value is -3.61. The van der Waals surface area contributed by atoms with E-state index in [1.165, 1.54) is 33.5 Å². The standard InChI is InChI=1S/C29H29N3O4S2/c1-2-24(37-21-10-6-9-20(16-21)31-26(33)13-14-27(34)35)28(36)32-29-23(17-30)22-12-11-19(15-25(22)38-29)18-7-4-3-5-8-18/h3-10,16,19,24H,2,11-15H2,1H3,(H,31,33)(H,32,36)(H,34,35). The summed E-state index contributed by atoms with van der Waals surface area (Å²) >= 11 is 2.90. The average molecular weight is 548 g/mol. The molecule has 0 saturated carbocycles. The number of carboxylic acid groups (broad SMARTS) is 1. The number of carbonyl (C=O) groups is 3. The molecule has 1 heterocycles. The first kappa shape index (κ1) is 27.4. The zero-order valence-electron chi connectivity index (χ0n) is 21.0. The Bertz CT molecular complexity index is 1360. The summed E-state index contributed by atoms with van der Waals surface area (Å²) in [7, 11) is 0. The van der Waals surface area contributed by atoms with Crippen LogP contribution in [0.4, 0.5) is 10.7 Å². The van der Waals surface area contributed by atoms with Crippen molar-refractivity contribution in [1.29, 1.82) is 5.26 Å². The zero-order chi connectivity index (χ0) is 27.1. The van der Waals surface area contributed by atoms with E-state index in [1.54, 1.807) is 18.2 Å². The van der Waals surface area contributed by atoms with Gasteiger partial charge >= 0.3 is 5.97 Å². The molecule has 0 aliphatic heterocycles. The topological polar surface area (TPSA) is 119 Å². The Labute approximate surface area is 230 Å². The summed E-state index contributed by atoms with van der Waals surface area (Å²) < 4.78 is 0. The van der Waals surface area contributed by atoms with Crippen molar-refractivity contribution in [3.05, 3.63) is 76.2 Å². The van der Waals surface area contributed by atoms with E-state index in [-0.39, 0.29) is 24.7 Å². The van der Waals surface area contributed by atoms with Crippen LogP contribution in [0.5, 0.6) is 0 Å². The Kier molecular flexibility index (Phi) is 9.21.